The molecule has 0 spiro atoms. The molecule has 0 aliphatic carbocycles. The first-order valence-electron chi connectivity index (χ1n) is 10.3. The lowest BCUT2D eigenvalue weighted by atomic mass is 10.1. The van der Waals surface area contributed by atoms with Crippen LogP contribution in [0, 0.1) is 6.92 Å². The number of aryl methyl sites for hydroxylation is 1. The predicted octanol–water partition coefficient (Wildman–Crippen LogP) is 3.96. The number of para-hydroxylation sites is 1. The zero-order valence-electron chi connectivity index (χ0n) is 17.0. The lowest BCUT2D eigenvalue weighted by Crippen LogP contribution is -2.46. The minimum absolute atomic E-state index is 0.789. The highest BCUT2D eigenvalue weighted by Gasteiger charge is 2.19. The Labute approximate surface area is 176 Å². The van der Waals surface area contributed by atoms with Gasteiger partial charge in [0, 0.05) is 43.5 Å². The summed E-state index contributed by atoms with van der Waals surface area (Å²) in [7, 11) is 0. The molecule has 6 nitrogen and oxygen atoms in total. The largest absolute Gasteiger partial charge is 0.368 e. The van der Waals surface area contributed by atoms with Crippen molar-refractivity contribution < 1.29 is 0 Å². The lowest BCUT2D eigenvalue weighted by molar-refractivity contribution is 0.646. The first-order valence-corrected chi connectivity index (χ1v) is 10.3. The van der Waals surface area contributed by atoms with E-state index in [0.29, 0.717) is 0 Å². The summed E-state index contributed by atoms with van der Waals surface area (Å²) in [6.45, 7) is 5.80. The second kappa shape index (κ2) is 7.99. The van der Waals surface area contributed by atoms with Crippen molar-refractivity contribution in [2.75, 3.05) is 36.0 Å². The molecule has 1 aliphatic rings. The molecule has 1 saturated heterocycles. The van der Waals surface area contributed by atoms with Crippen LogP contribution in [0.2, 0.25) is 0 Å². The van der Waals surface area contributed by atoms with Crippen molar-refractivity contribution in [1.82, 2.24) is 19.7 Å². The molecule has 0 radical (unpaired) electrons. The highest BCUT2D eigenvalue weighted by atomic mass is 15.3. The Morgan fingerprint density at radius 1 is 0.700 bits per heavy atom. The normalized spacial score (nSPS) is 14.2. The van der Waals surface area contributed by atoms with Crippen molar-refractivity contribution in [3.8, 4) is 17.1 Å². The van der Waals surface area contributed by atoms with Crippen molar-refractivity contribution in [2.45, 2.75) is 6.92 Å². The summed E-state index contributed by atoms with van der Waals surface area (Å²) < 4.78 is 1.91. The van der Waals surface area contributed by atoms with Gasteiger partial charge in [0.1, 0.15) is 12.1 Å². The lowest BCUT2D eigenvalue weighted by Gasteiger charge is -2.36. The van der Waals surface area contributed by atoms with Gasteiger partial charge in [-0.3, -0.25) is 0 Å². The van der Waals surface area contributed by atoms with Gasteiger partial charge in [0.25, 0.3) is 0 Å². The third kappa shape index (κ3) is 3.64. The summed E-state index contributed by atoms with van der Waals surface area (Å²) in [5.41, 5.74) is 4.40. The van der Waals surface area contributed by atoms with E-state index in [1.807, 2.05) is 35.9 Å². The average molecular weight is 396 g/mol. The van der Waals surface area contributed by atoms with Gasteiger partial charge in [-0.2, -0.15) is 5.10 Å². The van der Waals surface area contributed by atoms with Crippen LogP contribution in [0.4, 0.5) is 11.5 Å². The Morgan fingerprint density at radius 2 is 1.33 bits per heavy atom. The molecule has 3 heterocycles. The molecule has 2 aromatic carbocycles. The maximum atomic E-state index is 4.69. The minimum Gasteiger partial charge on any atom is -0.368 e. The SMILES string of the molecule is Cc1cc(-c2ccccc2)n(-c2cc(N3CCN(c4ccccc4)CC3)ncn2)n1. The van der Waals surface area contributed by atoms with E-state index in [4.69, 9.17) is 5.10 Å². The van der Waals surface area contributed by atoms with Crippen LogP contribution in [-0.4, -0.2) is 45.9 Å². The zero-order valence-corrected chi connectivity index (χ0v) is 17.0. The van der Waals surface area contributed by atoms with Gasteiger partial charge in [0.2, 0.25) is 0 Å². The molecule has 150 valence electrons. The van der Waals surface area contributed by atoms with Crippen LogP contribution in [0.3, 0.4) is 0 Å². The Hall–Kier alpha value is -3.67. The van der Waals surface area contributed by atoms with Gasteiger partial charge < -0.3 is 9.80 Å². The van der Waals surface area contributed by atoms with Gasteiger partial charge in [-0.05, 0) is 25.1 Å². The van der Waals surface area contributed by atoms with E-state index >= 15 is 0 Å². The van der Waals surface area contributed by atoms with Crippen molar-refractivity contribution in [1.29, 1.82) is 0 Å². The van der Waals surface area contributed by atoms with Gasteiger partial charge in [0.05, 0.1) is 11.4 Å². The van der Waals surface area contributed by atoms with E-state index in [1.54, 1.807) is 6.33 Å². The maximum Gasteiger partial charge on any atom is 0.159 e. The minimum atomic E-state index is 0.789. The standard InChI is InChI=1S/C24H24N6/c1-19-16-22(20-8-4-2-5-9-20)30(27-19)24-17-23(25-18-26-24)29-14-12-28(13-15-29)21-10-6-3-7-11-21/h2-11,16-18H,12-15H2,1H3. The number of rotatable bonds is 4. The topological polar surface area (TPSA) is 50.1 Å². The molecular weight excluding hydrogens is 372 g/mol. The monoisotopic (exact) mass is 396 g/mol. The smallest absolute Gasteiger partial charge is 0.159 e. The Bertz CT molecular complexity index is 1110. The summed E-state index contributed by atoms with van der Waals surface area (Å²) in [5, 5.41) is 4.69. The third-order valence-corrected chi connectivity index (χ3v) is 5.48. The molecule has 0 unspecified atom stereocenters. The Morgan fingerprint density at radius 3 is 2.07 bits per heavy atom. The molecule has 0 atom stereocenters. The highest BCUT2D eigenvalue weighted by Crippen LogP contribution is 2.25. The number of anilines is 2. The second-order valence-electron chi connectivity index (χ2n) is 7.49. The van der Waals surface area contributed by atoms with Gasteiger partial charge in [-0.1, -0.05) is 48.5 Å². The van der Waals surface area contributed by atoms with E-state index in [2.05, 4.69) is 68.3 Å². The molecular formula is C24H24N6. The summed E-state index contributed by atoms with van der Waals surface area (Å²) in [6, 6.07) is 25.0. The Kier molecular flexibility index (Phi) is 4.89. The van der Waals surface area contributed by atoms with Crippen molar-refractivity contribution >= 4 is 11.5 Å². The van der Waals surface area contributed by atoms with Crippen LogP contribution >= 0.6 is 0 Å². The van der Waals surface area contributed by atoms with Crippen LogP contribution in [0.25, 0.3) is 17.1 Å². The molecule has 0 bridgehead atoms. The number of hydrogen-bond acceptors (Lipinski definition) is 5. The first kappa shape index (κ1) is 18.4. The average Bonchev–Trinajstić information content (AvgIpc) is 3.22. The molecule has 0 N–H and O–H groups in total. The summed E-state index contributed by atoms with van der Waals surface area (Å²) in [4.78, 5) is 13.8. The Balaban J connectivity index is 1.39. The molecule has 30 heavy (non-hydrogen) atoms. The summed E-state index contributed by atoms with van der Waals surface area (Å²) in [5.74, 6) is 1.73. The van der Waals surface area contributed by atoms with Crippen molar-refractivity contribution in [3.05, 3.63) is 84.8 Å². The fraction of sp³-hybridized carbons (Fsp3) is 0.208. The molecule has 1 aliphatic heterocycles. The quantitative estimate of drug-likeness (QED) is 0.523. The second-order valence-corrected chi connectivity index (χ2v) is 7.49. The third-order valence-electron chi connectivity index (χ3n) is 5.48. The number of benzene rings is 2. The molecule has 4 aromatic rings. The van der Waals surface area contributed by atoms with Crippen LogP contribution in [-0.2, 0) is 0 Å². The van der Waals surface area contributed by atoms with E-state index in [9.17, 15) is 0 Å². The van der Waals surface area contributed by atoms with Gasteiger partial charge in [-0.25, -0.2) is 14.6 Å². The molecule has 1 fully saturated rings. The van der Waals surface area contributed by atoms with E-state index in [-0.39, 0.29) is 0 Å². The van der Waals surface area contributed by atoms with Gasteiger partial charge in [-0.15, -0.1) is 0 Å². The summed E-state index contributed by atoms with van der Waals surface area (Å²) >= 11 is 0. The first-order chi connectivity index (χ1) is 14.8. The molecule has 2 aromatic heterocycles. The number of aromatic nitrogens is 4. The molecule has 0 amide bonds. The predicted molar refractivity (Wildman–Crippen MR) is 120 cm³/mol. The fourth-order valence-corrected chi connectivity index (χ4v) is 3.95. The van der Waals surface area contributed by atoms with E-state index in [0.717, 1.165) is 54.8 Å². The fourth-order valence-electron chi connectivity index (χ4n) is 3.95. The molecule has 6 heteroatoms. The zero-order chi connectivity index (χ0) is 20.3. The van der Waals surface area contributed by atoms with Crippen LogP contribution < -0.4 is 9.80 Å². The summed E-state index contributed by atoms with van der Waals surface area (Å²) in [6.07, 6.45) is 1.64. The molecule has 0 saturated carbocycles. The van der Waals surface area contributed by atoms with Crippen LogP contribution in [0.1, 0.15) is 5.69 Å². The number of nitrogens with zero attached hydrogens (tertiary/aromatic N) is 6. The molecule has 5 rings (SSSR count). The highest BCUT2D eigenvalue weighted by molar-refractivity contribution is 5.62. The van der Waals surface area contributed by atoms with Gasteiger partial charge in [0.15, 0.2) is 5.82 Å². The van der Waals surface area contributed by atoms with E-state index < -0.39 is 0 Å². The van der Waals surface area contributed by atoms with Crippen LogP contribution in [0.5, 0.6) is 0 Å². The van der Waals surface area contributed by atoms with Gasteiger partial charge >= 0.3 is 0 Å². The van der Waals surface area contributed by atoms with Crippen molar-refractivity contribution in [2.24, 2.45) is 0 Å². The number of hydrogen-bond donors (Lipinski definition) is 0. The maximum absolute atomic E-state index is 4.69. The van der Waals surface area contributed by atoms with Crippen molar-refractivity contribution in [3.63, 3.8) is 0 Å². The van der Waals surface area contributed by atoms with E-state index in [1.165, 1.54) is 5.69 Å². The van der Waals surface area contributed by atoms with Crippen LogP contribution in [0.15, 0.2) is 79.1 Å². The number of piperazine rings is 1.